The first-order chi connectivity index (χ1) is 21.5. The molecule has 3 atom stereocenters. The first-order valence-corrected chi connectivity index (χ1v) is 17.1. The summed E-state index contributed by atoms with van der Waals surface area (Å²) in [5.41, 5.74) is 4.62. The Kier molecular flexibility index (Phi) is 14.2. The number of aliphatic hydroxyl groups excluding tert-OH is 1. The molecule has 244 valence electrons. The predicted molar refractivity (Wildman–Crippen MR) is 177 cm³/mol. The van der Waals surface area contributed by atoms with E-state index in [1.165, 1.54) is 21.4 Å². The monoisotopic (exact) mass is 636 g/mol. The summed E-state index contributed by atoms with van der Waals surface area (Å²) in [5.74, 6) is -0.771. The van der Waals surface area contributed by atoms with Gasteiger partial charge in [0.05, 0.1) is 23.6 Å². The summed E-state index contributed by atoms with van der Waals surface area (Å²) in [6.45, 7) is 8.08. The van der Waals surface area contributed by atoms with Gasteiger partial charge in [-0.2, -0.15) is 4.31 Å². The van der Waals surface area contributed by atoms with Crippen molar-refractivity contribution in [2.24, 2.45) is 11.8 Å². The number of amides is 2. The molecule has 45 heavy (non-hydrogen) atoms. The smallest absolute Gasteiger partial charge is 0.252 e. The third-order valence-electron chi connectivity index (χ3n) is 7.60. The molecule has 3 aromatic carbocycles. The van der Waals surface area contributed by atoms with Crippen LogP contribution >= 0.6 is 0 Å². The molecule has 0 fully saturated rings. The average molecular weight is 637 g/mol. The molecule has 0 bridgehead atoms. The number of sulfonamides is 1. The lowest BCUT2D eigenvalue weighted by molar-refractivity contribution is -0.148. The Labute approximate surface area is 268 Å². The number of rotatable bonds is 17. The molecule has 3 N–H and O–H groups in total. The van der Waals surface area contributed by atoms with E-state index in [1.807, 2.05) is 88.4 Å². The van der Waals surface area contributed by atoms with Crippen LogP contribution in [0.3, 0.4) is 0 Å². The summed E-state index contributed by atoms with van der Waals surface area (Å²) in [4.78, 5) is 27.2. The number of carbonyl (C=O) groups is 2. The largest absolute Gasteiger partial charge is 0.390 e. The molecular weight excluding hydrogens is 588 g/mol. The van der Waals surface area contributed by atoms with Crippen LogP contribution in [-0.2, 0) is 32.6 Å². The van der Waals surface area contributed by atoms with E-state index in [4.69, 9.17) is 0 Å². The average Bonchev–Trinajstić information content (AvgIpc) is 3.03. The number of nitrogens with zero attached hydrogens (tertiary/aromatic N) is 2. The lowest BCUT2D eigenvalue weighted by atomic mass is 9.98. The van der Waals surface area contributed by atoms with Crippen LogP contribution in [0, 0.1) is 11.8 Å². The van der Waals surface area contributed by atoms with Gasteiger partial charge in [0.25, 0.3) is 5.91 Å². The Morgan fingerprint density at radius 1 is 0.822 bits per heavy atom. The molecule has 2 amide bonds. The highest BCUT2D eigenvalue weighted by molar-refractivity contribution is 7.89. The number of hydrogen-bond donors (Lipinski definition) is 3. The van der Waals surface area contributed by atoms with E-state index in [0.717, 1.165) is 17.5 Å². The molecule has 0 aliphatic rings. The van der Waals surface area contributed by atoms with Crippen molar-refractivity contribution in [1.29, 1.82) is 0 Å². The Morgan fingerprint density at radius 3 is 1.93 bits per heavy atom. The Balaban J connectivity index is 1.93. The molecule has 0 aliphatic heterocycles. The van der Waals surface area contributed by atoms with Gasteiger partial charge >= 0.3 is 0 Å². The molecule has 1 unspecified atom stereocenters. The fourth-order valence-corrected chi connectivity index (χ4v) is 6.61. The molecule has 0 aromatic heterocycles. The van der Waals surface area contributed by atoms with E-state index in [1.54, 1.807) is 18.2 Å². The second-order valence-corrected chi connectivity index (χ2v) is 13.9. The lowest BCUT2D eigenvalue weighted by Gasteiger charge is -2.37. The summed E-state index contributed by atoms with van der Waals surface area (Å²) in [6, 6.07) is 26.2. The Morgan fingerprint density at radius 2 is 1.38 bits per heavy atom. The first kappa shape index (κ1) is 35.9. The standard InChI is InChI=1S/C35H48N4O5S/c1-5-28(4)21-35(42)39(37-34(41)24-36-23-30-17-11-7-12-18-30)32(22-29-15-9-6-10-16-29)33(40)26-38(25-27(2)3)45(43,44)31-19-13-8-14-20-31/h6-20,27-28,32-33,36,40H,5,21-26H2,1-4H3,(H,37,41)/t28-,32?,33+/m0/s1. The molecule has 0 spiro atoms. The third kappa shape index (κ3) is 11.4. The molecule has 0 aliphatic carbocycles. The third-order valence-corrected chi connectivity index (χ3v) is 9.44. The van der Waals surface area contributed by atoms with Gasteiger partial charge in [0.1, 0.15) is 0 Å². The van der Waals surface area contributed by atoms with Crippen molar-refractivity contribution in [1.82, 2.24) is 20.1 Å². The van der Waals surface area contributed by atoms with Crippen molar-refractivity contribution in [2.45, 2.75) is 70.5 Å². The van der Waals surface area contributed by atoms with Crippen LogP contribution < -0.4 is 10.7 Å². The van der Waals surface area contributed by atoms with Crippen LogP contribution in [0.5, 0.6) is 0 Å². The van der Waals surface area contributed by atoms with Gasteiger partial charge in [0.2, 0.25) is 15.9 Å². The summed E-state index contributed by atoms with van der Waals surface area (Å²) in [6.07, 6.45) is -0.201. The van der Waals surface area contributed by atoms with Crippen LogP contribution in [0.15, 0.2) is 95.9 Å². The van der Waals surface area contributed by atoms with Gasteiger partial charge in [0, 0.05) is 26.1 Å². The van der Waals surface area contributed by atoms with E-state index < -0.39 is 28.1 Å². The van der Waals surface area contributed by atoms with Crippen molar-refractivity contribution in [3.05, 3.63) is 102 Å². The minimum absolute atomic E-state index is 0.0261. The van der Waals surface area contributed by atoms with Crippen LogP contribution in [0.25, 0.3) is 0 Å². The zero-order valence-corrected chi connectivity index (χ0v) is 27.6. The first-order valence-electron chi connectivity index (χ1n) is 15.6. The van der Waals surface area contributed by atoms with E-state index in [9.17, 15) is 23.1 Å². The maximum absolute atomic E-state index is 13.8. The highest BCUT2D eigenvalue weighted by atomic mass is 32.2. The van der Waals surface area contributed by atoms with Crippen molar-refractivity contribution in [2.75, 3.05) is 19.6 Å². The quantitative estimate of drug-likeness (QED) is 0.189. The predicted octanol–water partition coefficient (Wildman–Crippen LogP) is 4.39. The van der Waals surface area contributed by atoms with Gasteiger partial charge in [-0.1, -0.05) is 113 Å². The number of carbonyl (C=O) groups excluding carboxylic acids is 2. The van der Waals surface area contributed by atoms with Crippen LogP contribution in [0.1, 0.15) is 51.7 Å². The Hall–Kier alpha value is -3.57. The molecule has 0 radical (unpaired) electrons. The highest BCUT2D eigenvalue weighted by Gasteiger charge is 2.36. The van der Waals surface area contributed by atoms with E-state index in [0.29, 0.717) is 6.54 Å². The summed E-state index contributed by atoms with van der Waals surface area (Å²) >= 11 is 0. The lowest BCUT2D eigenvalue weighted by Crippen LogP contribution is -2.60. The van der Waals surface area contributed by atoms with Crippen molar-refractivity contribution in [3.8, 4) is 0 Å². The second kappa shape index (κ2) is 17.8. The molecule has 0 saturated heterocycles. The highest BCUT2D eigenvalue weighted by Crippen LogP contribution is 2.21. The number of nitrogens with one attached hydrogen (secondary N) is 2. The fourth-order valence-electron chi connectivity index (χ4n) is 4.97. The fraction of sp³-hybridized carbons (Fsp3) is 0.429. The topological polar surface area (TPSA) is 119 Å². The van der Waals surface area contributed by atoms with Crippen molar-refractivity contribution < 1.29 is 23.1 Å². The zero-order chi connectivity index (χ0) is 32.8. The van der Waals surface area contributed by atoms with Crippen molar-refractivity contribution in [3.63, 3.8) is 0 Å². The van der Waals surface area contributed by atoms with Crippen LogP contribution in [-0.4, -0.2) is 66.4 Å². The zero-order valence-electron chi connectivity index (χ0n) is 26.8. The van der Waals surface area contributed by atoms with Gasteiger partial charge in [-0.3, -0.25) is 15.0 Å². The molecule has 10 heteroatoms. The summed E-state index contributed by atoms with van der Waals surface area (Å²) < 4.78 is 28.8. The molecular formula is C35H48N4O5S. The molecule has 3 rings (SSSR count). The van der Waals surface area contributed by atoms with E-state index in [2.05, 4.69) is 10.7 Å². The number of benzene rings is 3. The molecule has 0 saturated carbocycles. The molecule has 3 aromatic rings. The minimum atomic E-state index is -3.96. The minimum Gasteiger partial charge on any atom is -0.390 e. The van der Waals surface area contributed by atoms with Crippen molar-refractivity contribution >= 4 is 21.8 Å². The maximum Gasteiger partial charge on any atom is 0.252 e. The van der Waals surface area contributed by atoms with E-state index in [-0.39, 0.29) is 55.1 Å². The maximum atomic E-state index is 13.8. The normalized spacial score (nSPS) is 13.8. The van der Waals surface area contributed by atoms with Gasteiger partial charge in [-0.15, -0.1) is 0 Å². The Bertz CT molecular complexity index is 1420. The molecule has 9 nitrogen and oxygen atoms in total. The number of hydrogen-bond acceptors (Lipinski definition) is 6. The van der Waals surface area contributed by atoms with Gasteiger partial charge in [-0.05, 0) is 41.5 Å². The SMILES string of the molecule is CC[C@H](C)CC(=O)N(NC(=O)CNCc1ccccc1)C(Cc1ccccc1)[C@H](O)CN(CC(C)C)S(=O)(=O)c1ccccc1. The number of hydrazine groups is 1. The second-order valence-electron chi connectivity index (χ2n) is 12.0. The van der Waals surface area contributed by atoms with Crippen LogP contribution in [0.2, 0.25) is 0 Å². The van der Waals surface area contributed by atoms with Gasteiger partial charge < -0.3 is 10.4 Å². The van der Waals surface area contributed by atoms with Crippen LogP contribution in [0.4, 0.5) is 0 Å². The number of aliphatic hydroxyl groups is 1. The van der Waals surface area contributed by atoms with Gasteiger partial charge in [0.15, 0.2) is 0 Å². The summed E-state index contributed by atoms with van der Waals surface area (Å²) in [5, 5.41) is 16.2. The van der Waals surface area contributed by atoms with Gasteiger partial charge in [-0.25, -0.2) is 13.4 Å². The summed E-state index contributed by atoms with van der Waals surface area (Å²) in [7, 11) is -3.96. The molecule has 0 heterocycles. The van der Waals surface area contributed by atoms with E-state index >= 15 is 0 Å².